The summed E-state index contributed by atoms with van der Waals surface area (Å²) in [7, 11) is -1.03. The molecule has 3 aromatic rings. The Balaban J connectivity index is 1.33. The van der Waals surface area contributed by atoms with Gasteiger partial charge in [-0.15, -0.1) is 0 Å². The number of carbonyl (C=O) groups excluding carboxylic acids is 2. The van der Waals surface area contributed by atoms with Gasteiger partial charge in [-0.3, -0.25) is 9.52 Å². The number of amides is 2. The SMILES string of the molecule is COc1ccc(CN2C(=O)C3(CCC3)c3cc(NS(=O)(=O)c4ccccc4OC)cc(OCC4CN(C(=O)OC(C)(C)C)C4)c32)cc1. The third-order valence-electron chi connectivity index (χ3n) is 8.92. The van der Waals surface area contributed by atoms with Gasteiger partial charge in [0.15, 0.2) is 0 Å². The molecule has 1 saturated heterocycles. The number of anilines is 2. The third-order valence-corrected chi connectivity index (χ3v) is 10.3. The molecular weight excluding hydrogens is 622 g/mol. The first kappa shape index (κ1) is 32.5. The number of nitrogens with zero attached hydrogens (tertiary/aromatic N) is 2. The highest BCUT2D eigenvalue weighted by atomic mass is 32.2. The van der Waals surface area contributed by atoms with E-state index in [1.165, 1.54) is 13.2 Å². The van der Waals surface area contributed by atoms with Crippen molar-refractivity contribution in [2.75, 3.05) is 43.5 Å². The highest BCUT2D eigenvalue weighted by molar-refractivity contribution is 7.92. The molecule has 3 aliphatic rings. The van der Waals surface area contributed by atoms with Crippen LogP contribution in [0.25, 0.3) is 0 Å². The number of methoxy groups -OCH3 is 2. The maximum atomic E-state index is 14.2. The van der Waals surface area contributed by atoms with E-state index in [9.17, 15) is 18.0 Å². The molecule has 11 nitrogen and oxygen atoms in total. The van der Waals surface area contributed by atoms with Crippen LogP contribution >= 0.6 is 0 Å². The van der Waals surface area contributed by atoms with Gasteiger partial charge in [0, 0.05) is 25.1 Å². The maximum Gasteiger partial charge on any atom is 0.410 e. The maximum absolute atomic E-state index is 14.2. The fraction of sp³-hybridized carbons (Fsp3) is 0.429. The summed E-state index contributed by atoms with van der Waals surface area (Å²) in [6.07, 6.45) is 1.84. The van der Waals surface area contributed by atoms with Gasteiger partial charge in [0.25, 0.3) is 10.0 Å². The third kappa shape index (κ3) is 6.30. The molecule has 1 N–H and O–H groups in total. The van der Waals surface area contributed by atoms with Crippen LogP contribution in [0, 0.1) is 5.92 Å². The summed E-state index contributed by atoms with van der Waals surface area (Å²) in [6.45, 7) is 7.01. The van der Waals surface area contributed by atoms with Crippen molar-refractivity contribution < 1.29 is 37.0 Å². The Morgan fingerprint density at radius 3 is 2.30 bits per heavy atom. The Morgan fingerprint density at radius 1 is 0.979 bits per heavy atom. The van der Waals surface area contributed by atoms with E-state index >= 15 is 0 Å². The zero-order chi connectivity index (χ0) is 33.6. The number of para-hydroxylation sites is 1. The number of rotatable bonds is 10. The standard InChI is InChI=1S/C35H41N3O8S/c1-34(2,3)46-33(40)37-19-24(20-37)22-45-29-18-25(36-47(41,42)30-10-7-6-9-28(30)44-5)17-27-31(29)38(32(39)35(27)15-8-16-35)21-23-11-13-26(43-4)14-12-23/h6-7,9-14,17-18,24,36H,8,15-16,19-22H2,1-5H3. The molecule has 3 aromatic carbocycles. The van der Waals surface area contributed by atoms with Crippen molar-refractivity contribution in [1.29, 1.82) is 0 Å². The van der Waals surface area contributed by atoms with E-state index in [-0.39, 0.29) is 35.2 Å². The topological polar surface area (TPSA) is 124 Å². The Labute approximate surface area is 275 Å². The van der Waals surface area contributed by atoms with Crippen LogP contribution in [0.15, 0.2) is 65.6 Å². The molecule has 0 unspecified atom stereocenters. The number of hydrogen-bond acceptors (Lipinski definition) is 8. The lowest BCUT2D eigenvalue weighted by atomic mass is 9.65. The lowest BCUT2D eigenvalue weighted by Gasteiger charge is -2.39. The molecule has 12 heteroatoms. The molecule has 6 rings (SSSR count). The van der Waals surface area contributed by atoms with Crippen molar-refractivity contribution in [2.45, 2.75) is 62.5 Å². The van der Waals surface area contributed by atoms with Crippen LogP contribution in [-0.4, -0.2) is 64.8 Å². The van der Waals surface area contributed by atoms with E-state index in [0.29, 0.717) is 55.3 Å². The van der Waals surface area contributed by atoms with Crippen LogP contribution in [0.1, 0.15) is 51.2 Å². The molecule has 2 amide bonds. The van der Waals surface area contributed by atoms with Crippen molar-refractivity contribution >= 4 is 33.4 Å². The van der Waals surface area contributed by atoms with Crippen molar-refractivity contribution in [2.24, 2.45) is 5.92 Å². The molecule has 0 bridgehead atoms. The number of sulfonamides is 1. The Hall–Kier alpha value is -4.45. The molecule has 1 saturated carbocycles. The van der Waals surface area contributed by atoms with E-state index in [1.54, 1.807) is 47.2 Å². The highest BCUT2D eigenvalue weighted by Gasteiger charge is 2.55. The zero-order valence-electron chi connectivity index (χ0n) is 27.4. The Morgan fingerprint density at radius 2 is 1.68 bits per heavy atom. The second-order valence-electron chi connectivity index (χ2n) is 13.4. The second kappa shape index (κ2) is 12.3. The summed E-state index contributed by atoms with van der Waals surface area (Å²) in [5.74, 6) is 1.35. The van der Waals surface area contributed by atoms with Gasteiger partial charge in [-0.2, -0.15) is 0 Å². The van der Waals surface area contributed by atoms with Crippen LogP contribution < -0.4 is 23.8 Å². The van der Waals surface area contributed by atoms with E-state index in [2.05, 4.69) is 4.72 Å². The van der Waals surface area contributed by atoms with E-state index < -0.39 is 21.0 Å². The van der Waals surface area contributed by atoms with Gasteiger partial charge < -0.3 is 28.7 Å². The molecule has 0 radical (unpaired) electrons. The van der Waals surface area contributed by atoms with Crippen LogP contribution in [0.4, 0.5) is 16.2 Å². The van der Waals surface area contributed by atoms with Gasteiger partial charge in [0.05, 0.1) is 44.2 Å². The molecule has 0 atom stereocenters. The molecule has 2 fully saturated rings. The van der Waals surface area contributed by atoms with Crippen molar-refractivity contribution in [3.63, 3.8) is 0 Å². The van der Waals surface area contributed by atoms with Gasteiger partial charge in [-0.05, 0) is 75.1 Å². The molecule has 1 aliphatic carbocycles. The van der Waals surface area contributed by atoms with E-state index in [4.69, 9.17) is 18.9 Å². The van der Waals surface area contributed by atoms with Crippen LogP contribution in [0.3, 0.4) is 0 Å². The van der Waals surface area contributed by atoms with Crippen molar-refractivity contribution in [1.82, 2.24) is 4.90 Å². The molecule has 2 aliphatic heterocycles. The predicted octanol–water partition coefficient (Wildman–Crippen LogP) is 5.72. The van der Waals surface area contributed by atoms with E-state index in [1.807, 2.05) is 45.0 Å². The summed E-state index contributed by atoms with van der Waals surface area (Å²) in [6, 6.07) is 17.4. The van der Waals surface area contributed by atoms with Gasteiger partial charge >= 0.3 is 6.09 Å². The number of benzene rings is 3. The van der Waals surface area contributed by atoms with Crippen LogP contribution in [-0.2, 0) is 31.5 Å². The van der Waals surface area contributed by atoms with Gasteiger partial charge in [-0.1, -0.05) is 30.7 Å². The van der Waals surface area contributed by atoms with Gasteiger partial charge in [0.1, 0.15) is 27.7 Å². The second-order valence-corrected chi connectivity index (χ2v) is 15.0. The molecule has 1 spiro atoms. The molecule has 47 heavy (non-hydrogen) atoms. The number of nitrogens with one attached hydrogen (secondary N) is 1. The first-order valence-corrected chi connectivity index (χ1v) is 17.2. The molecule has 2 heterocycles. The first-order chi connectivity index (χ1) is 22.3. The number of fused-ring (bicyclic) bond motifs is 2. The number of ether oxygens (including phenoxy) is 4. The quantitative estimate of drug-likeness (QED) is 0.292. The Bertz CT molecular complexity index is 1780. The monoisotopic (exact) mass is 663 g/mol. The summed E-state index contributed by atoms with van der Waals surface area (Å²) in [5, 5.41) is 0. The van der Waals surface area contributed by atoms with Gasteiger partial charge in [0.2, 0.25) is 5.91 Å². The van der Waals surface area contributed by atoms with E-state index in [0.717, 1.165) is 17.5 Å². The summed E-state index contributed by atoms with van der Waals surface area (Å²) in [4.78, 5) is 30.1. The van der Waals surface area contributed by atoms with Gasteiger partial charge in [-0.25, -0.2) is 13.2 Å². The average Bonchev–Trinajstić information content (AvgIpc) is 3.23. The minimum Gasteiger partial charge on any atom is -0.497 e. The highest BCUT2D eigenvalue weighted by Crippen LogP contribution is 2.57. The predicted molar refractivity (Wildman–Crippen MR) is 177 cm³/mol. The largest absolute Gasteiger partial charge is 0.497 e. The molecular formula is C35H41N3O8S. The van der Waals surface area contributed by atoms with Crippen molar-refractivity contribution in [3.05, 3.63) is 71.8 Å². The molecule has 250 valence electrons. The minimum absolute atomic E-state index is 0.00210. The lowest BCUT2D eigenvalue weighted by Crippen LogP contribution is -2.53. The first-order valence-electron chi connectivity index (χ1n) is 15.7. The Kier molecular flexibility index (Phi) is 8.50. The number of carbonyl (C=O) groups is 2. The number of likely N-dealkylation sites (tertiary alicyclic amines) is 1. The summed E-state index contributed by atoms with van der Waals surface area (Å²) < 4.78 is 52.5. The zero-order valence-corrected chi connectivity index (χ0v) is 28.2. The van der Waals surface area contributed by atoms with Crippen molar-refractivity contribution in [3.8, 4) is 17.2 Å². The normalized spacial score (nSPS) is 17.1. The smallest absolute Gasteiger partial charge is 0.410 e. The summed E-state index contributed by atoms with van der Waals surface area (Å²) >= 11 is 0. The fourth-order valence-corrected chi connectivity index (χ4v) is 7.59. The van der Waals surface area contributed by atoms with Crippen LogP contribution in [0.5, 0.6) is 17.2 Å². The minimum atomic E-state index is -4.05. The summed E-state index contributed by atoms with van der Waals surface area (Å²) in [5.41, 5.74) is 1.26. The molecule has 0 aromatic heterocycles. The van der Waals surface area contributed by atoms with Crippen LogP contribution in [0.2, 0.25) is 0 Å². The fourth-order valence-electron chi connectivity index (χ4n) is 6.38. The lowest BCUT2D eigenvalue weighted by molar-refractivity contribution is -0.126. The average molecular weight is 664 g/mol. The number of hydrogen-bond donors (Lipinski definition) is 1.